The van der Waals surface area contributed by atoms with Crippen LogP contribution in [-0.2, 0) is 4.74 Å². The SMILES string of the molecule is CSc1cccc2sc(N(CCN3CCOCC3)C(=O)c3ccccc3Cl)nc12. The Kier molecular flexibility index (Phi) is 6.72. The Morgan fingerprint density at radius 3 is 2.79 bits per heavy atom. The van der Waals surface area contributed by atoms with Gasteiger partial charge in [0, 0.05) is 31.1 Å². The van der Waals surface area contributed by atoms with Gasteiger partial charge in [0.2, 0.25) is 0 Å². The number of morpholine rings is 1. The molecule has 0 N–H and O–H groups in total. The van der Waals surface area contributed by atoms with Crippen LogP contribution in [0.1, 0.15) is 10.4 Å². The number of amides is 1. The van der Waals surface area contributed by atoms with Gasteiger partial charge in [0.05, 0.1) is 34.0 Å². The van der Waals surface area contributed by atoms with Gasteiger partial charge in [-0.25, -0.2) is 4.98 Å². The van der Waals surface area contributed by atoms with E-state index in [2.05, 4.69) is 17.0 Å². The van der Waals surface area contributed by atoms with E-state index in [1.807, 2.05) is 24.5 Å². The number of hydrogen-bond acceptors (Lipinski definition) is 6. The van der Waals surface area contributed by atoms with Crippen molar-refractivity contribution < 1.29 is 9.53 Å². The van der Waals surface area contributed by atoms with E-state index in [0.29, 0.717) is 22.3 Å². The molecule has 0 atom stereocenters. The number of hydrogen-bond donors (Lipinski definition) is 0. The highest BCUT2D eigenvalue weighted by Gasteiger charge is 2.24. The highest BCUT2D eigenvalue weighted by molar-refractivity contribution is 7.98. The van der Waals surface area contributed by atoms with Crippen molar-refractivity contribution in [3.8, 4) is 0 Å². The van der Waals surface area contributed by atoms with Gasteiger partial charge in [0.25, 0.3) is 5.91 Å². The molecule has 0 spiro atoms. The largest absolute Gasteiger partial charge is 0.379 e. The molecule has 29 heavy (non-hydrogen) atoms. The average molecular weight is 448 g/mol. The van der Waals surface area contributed by atoms with Crippen molar-refractivity contribution in [2.45, 2.75) is 4.90 Å². The third kappa shape index (κ3) is 4.59. The van der Waals surface area contributed by atoms with Crippen molar-refractivity contribution in [2.75, 3.05) is 50.5 Å². The number of rotatable bonds is 6. The first kappa shape index (κ1) is 20.6. The lowest BCUT2D eigenvalue weighted by Crippen LogP contribution is -2.43. The van der Waals surface area contributed by atoms with Crippen LogP contribution >= 0.6 is 34.7 Å². The molecule has 152 valence electrons. The molecule has 3 aromatic rings. The quantitative estimate of drug-likeness (QED) is 0.514. The molecule has 0 aliphatic carbocycles. The van der Waals surface area contributed by atoms with Crippen LogP contribution in [0.15, 0.2) is 47.4 Å². The third-order valence-corrected chi connectivity index (χ3v) is 7.06. The maximum absolute atomic E-state index is 13.4. The summed E-state index contributed by atoms with van der Waals surface area (Å²) < 4.78 is 6.52. The summed E-state index contributed by atoms with van der Waals surface area (Å²) in [6.45, 7) is 4.55. The zero-order valence-electron chi connectivity index (χ0n) is 16.1. The molecule has 1 aliphatic rings. The summed E-state index contributed by atoms with van der Waals surface area (Å²) >= 11 is 9.54. The molecule has 8 heteroatoms. The second kappa shape index (κ2) is 9.45. The van der Waals surface area contributed by atoms with Crippen LogP contribution in [0.5, 0.6) is 0 Å². The second-order valence-electron chi connectivity index (χ2n) is 6.69. The van der Waals surface area contributed by atoms with Crippen molar-refractivity contribution in [1.82, 2.24) is 9.88 Å². The molecule has 0 saturated carbocycles. The Bertz CT molecular complexity index is 1000. The summed E-state index contributed by atoms with van der Waals surface area (Å²) in [5.41, 5.74) is 1.45. The number of aromatic nitrogens is 1. The van der Waals surface area contributed by atoms with Gasteiger partial charge in [-0.1, -0.05) is 41.1 Å². The molecule has 2 aromatic carbocycles. The fourth-order valence-electron chi connectivity index (χ4n) is 3.32. The number of halogens is 1. The predicted octanol–water partition coefficient (Wildman–Crippen LogP) is 4.65. The van der Waals surface area contributed by atoms with Crippen LogP contribution in [0.4, 0.5) is 5.13 Å². The first-order valence-corrected chi connectivity index (χ1v) is 11.9. The molecule has 0 unspecified atom stereocenters. The van der Waals surface area contributed by atoms with Gasteiger partial charge in [-0.2, -0.15) is 0 Å². The summed E-state index contributed by atoms with van der Waals surface area (Å²) in [5.74, 6) is -0.117. The number of anilines is 1. The van der Waals surface area contributed by atoms with E-state index in [4.69, 9.17) is 21.3 Å². The molecular formula is C21H22ClN3O2S2. The monoisotopic (exact) mass is 447 g/mol. The molecular weight excluding hydrogens is 426 g/mol. The number of para-hydroxylation sites is 1. The molecule has 1 aromatic heterocycles. The van der Waals surface area contributed by atoms with Crippen molar-refractivity contribution in [1.29, 1.82) is 0 Å². The van der Waals surface area contributed by atoms with Crippen LogP contribution in [-0.4, -0.2) is 61.4 Å². The summed E-state index contributed by atoms with van der Waals surface area (Å²) in [7, 11) is 0. The normalized spacial score (nSPS) is 15.0. The van der Waals surface area contributed by atoms with Gasteiger partial charge in [-0.3, -0.25) is 14.6 Å². The maximum Gasteiger partial charge on any atom is 0.261 e. The van der Waals surface area contributed by atoms with E-state index >= 15 is 0 Å². The van der Waals surface area contributed by atoms with E-state index in [9.17, 15) is 4.79 Å². The van der Waals surface area contributed by atoms with Crippen molar-refractivity contribution >= 4 is 56.0 Å². The lowest BCUT2D eigenvalue weighted by atomic mass is 10.2. The molecule has 0 bridgehead atoms. The number of carbonyl (C=O) groups is 1. The predicted molar refractivity (Wildman–Crippen MR) is 122 cm³/mol. The minimum atomic E-state index is -0.117. The molecule has 1 fully saturated rings. The third-order valence-electron chi connectivity index (χ3n) is 4.91. The van der Waals surface area contributed by atoms with Gasteiger partial charge in [0.1, 0.15) is 0 Å². The number of thioether (sulfide) groups is 1. The molecule has 1 aliphatic heterocycles. The van der Waals surface area contributed by atoms with Gasteiger partial charge < -0.3 is 4.74 Å². The lowest BCUT2D eigenvalue weighted by Gasteiger charge is -2.29. The molecule has 4 rings (SSSR count). The van der Waals surface area contributed by atoms with E-state index in [0.717, 1.165) is 48.0 Å². The fourth-order valence-corrected chi connectivity index (χ4v) is 5.18. The minimum Gasteiger partial charge on any atom is -0.379 e. The summed E-state index contributed by atoms with van der Waals surface area (Å²) in [6, 6.07) is 13.3. The summed E-state index contributed by atoms with van der Waals surface area (Å²) in [5, 5.41) is 1.17. The first-order chi connectivity index (χ1) is 14.2. The number of carbonyl (C=O) groups excluding carboxylic acids is 1. The van der Waals surface area contributed by atoms with Crippen molar-refractivity contribution in [3.05, 3.63) is 53.1 Å². The lowest BCUT2D eigenvalue weighted by molar-refractivity contribution is 0.0391. The van der Waals surface area contributed by atoms with Gasteiger partial charge >= 0.3 is 0 Å². The molecule has 1 amide bonds. The van der Waals surface area contributed by atoms with E-state index in [-0.39, 0.29) is 5.91 Å². The standard InChI is InChI=1S/C21H22ClN3O2S2/c1-28-17-7-4-8-18-19(17)23-21(29-18)25(10-9-24-11-13-27-14-12-24)20(26)15-5-2-3-6-16(15)22/h2-8H,9-14H2,1H3. The van der Waals surface area contributed by atoms with Crippen LogP contribution < -0.4 is 4.90 Å². The fraction of sp³-hybridized carbons (Fsp3) is 0.333. The van der Waals surface area contributed by atoms with Crippen LogP contribution in [0, 0.1) is 0 Å². The Balaban J connectivity index is 1.67. The van der Waals surface area contributed by atoms with Gasteiger partial charge in [-0.05, 0) is 30.5 Å². The average Bonchev–Trinajstić information content (AvgIpc) is 3.19. The smallest absolute Gasteiger partial charge is 0.261 e. The van der Waals surface area contributed by atoms with Crippen molar-refractivity contribution in [2.24, 2.45) is 0 Å². The minimum absolute atomic E-state index is 0.117. The zero-order valence-corrected chi connectivity index (χ0v) is 18.5. The van der Waals surface area contributed by atoms with Gasteiger partial charge in [0.15, 0.2) is 5.13 Å². The molecule has 5 nitrogen and oxygen atoms in total. The summed E-state index contributed by atoms with van der Waals surface area (Å²) in [4.78, 5) is 23.5. The first-order valence-electron chi connectivity index (χ1n) is 9.47. The Morgan fingerprint density at radius 2 is 2.03 bits per heavy atom. The van der Waals surface area contributed by atoms with Crippen LogP contribution in [0.2, 0.25) is 5.02 Å². The number of nitrogens with zero attached hydrogens (tertiary/aromatic N) is 3. The Labute approximate surface area is 183 Å². The number of ether oxygens (including phenoxy) is 1. The number of thiazole rings is 1. The topological polar surface area (TPSA) is 45.7 Å². The van der Waals surface area contributed by atoms with Crippen LogP contribution in [0.25, 0.3) is 10.2 Å². The van der Waals surface area contributed by atoms with E-state index in [1.54, 1.807) is 40.1 Å². The highest BCUT2D eigenvalue weighted by Crippen LogP contribution is 2.35. The van der Waals surface area contributed by atoms with E-state index in [1.165, 1.54) is 0 Å². The molecule has 1 saturated heterocycles. The van der Waals surface area contributed by atoms with Crippen LogP contribution in [0.3, 0.4) is 0 Å². The van der Waals surface area contributed by atoms with Gasteiger partial charge in [-0.15, -0.1) is 11.8 Å². The molecule has 2 heterocycles. The Morgan fingerprint density at radius 1 is 1.24 bits per heavy atom. The number of benzene rings is 2. The Hall–Kier alpha value is -1.64. The maximum atomic E-state index is 13.4. The molecule has 0 radical (unpaired) electrons. The number of fused-ring (bicyclic) bond motifs is 1. The second-order valence-corrected chi connectivity index (χ2v) is 8.96. The van der Waals surface area contributed by atoms with E-state index < -0.39 is 0 Å². The zero-order chi connectivity index (χ0) is 20.2. The van der Waals surface area contributed by atoms with Crippen molar-refractivity contribution in [3.63, 3.8) is 0 Å². The highest BCUT2D eigenvalue weighted by atomic mass is 35.5. The summed E-state index contributed by atoms with van der Waals surface area (Å²) in [6.07, 6.45) is 2.04.